The molecule has 0 unspecified atom stereocenters. The van der Waals surface area contributed by atoms with E-state index in [-0.39, 0.29) is 17.0 Å². The molecular weight excluding hydrogens is 336 g/mol. The number of hydrogen-bond acceptors (Lipinski definition) is 2. The maximum Gasteiger partial charge on any atom is 0.181 e. The third-order valence-corrected chi connectivity index (χ3v) is 6.86. The number of aromatic nitrogens is 1. The van der Waals surface area contributed by atoms with Crippen LogP contribution in [0.2, 0.25) is 0 Å². The first-order valence-electron chi connectivity index (χ1n) is 7.88. The fourth-order valence-corrected chi connectivity index (χ4v) is 4.83. The smallest absolute Gasteiger partial charge is 0.181 e. The minimum Gasteiger partial charge on any atom is -0.296 e. The van der Waals surface area contributed by atoms with Gasteiger partial charge in [0.25, 0.3) is 0 Å². The number of halogens is 3. The number of ketones is 1. The molecule has 2 aromatic rings. The average molecular weight is 352 g/mol. The number of carbonyl (C=O) groups is 1. The first-order valence-corrected chi connectivity index (χ1v) is 8.64. The Bertz CT molecular complexity index is 797. The van der Waals surface area contributed by atoms with Crippen molar-refractivity contribution in [1.29, 1.82) is 0 Å². The van der Waals surface area contributed by atoms with E-state index in [4.69, 9.17) is 23.2 Å². The number of fused-ring (bicyclic) bond motifs is 1. The van der Waals surface area contributed by atoms with Crippen molar-refractivity contribution in [1.82, 2.24) is 4.98 Å². The fourth-order valence-electron chi connectivity index (χ4n) is 4.19. The lowest BCUT2D eigenvalue weighted by molar-refractivity contribution is -0.136. The van der Waals surface area contributed by atoms with E-state index in [1.807, 2.05) is 6.07 Å². The van der Waals surface area contributed by atoms with Gasteiger partial charge in [-0.05, 0) is 61.4 Å². The minimum atomic E-state index is -1.22. The molecule has 0 atom stereocenters. The maximum atomic E-state index is 13.6. The van der Waals surface area contributed by atoms with Crippen molar-refractivity contribution in [3.63, 3.8) is 0 Å². The quantitative estimate of drug-likeness (QED) is 0.663. The number of nitrogens with zero attached hydrogens (tertiary/aromatic N) is 1. The molecule has 0 N–H and O–H groups in total. The van der Waals surface area contributed by atoms with Crippen LogP contribution in [0.3, 0.4) is 0 Å². The molecular formula is C18H16Cl2FNO. The molecule has 23 heavy (non-hydrogen) atoms. The Kier molecular flexibility index (Phi) is 3.44. The molecule has 1 aromatic heterocycles. The van der Waals surface area contributed by atoms with Crippen LogP contribution in [-0.4, -0.2) is 15.1 Å². The predicted molar refractivity (Wildman–Crippen MR) is 89.4 cm³/mol. The molecule has 5 heteroatoms. The monoisotopic (exact) mass is 351 g/mol. The van der Waals surface area contributed by atoms with Crippen molar-refractivity contribution in [3.05, 3.63) is 41.8 Å². The summed E-state index contributed by atoms with van der Waals surface area (Å²) in [5, 5.41) is 0.876. The van der Waals surface area contributed by atoms with E-state index in [0.717, 1.165) is 42.1 Å². The molecule has 1 aromatic carbocycles. The van der Waals surface area contributed by atoms with Crippen LogP contribution in [0.1, 0.15) is 43.6 Å². The zero-order valence-corrected chi connectivity index (χ0v) is 14.0. The van der Waals surface area contributed by atoms with Gasteiger partial charge in [-0.15, -0.1) is 0 Å². The summed E-state index contributed by atoms with van der Waals surface area (Å²) in [4.78, 5) is 16.0. The van der Waals surface area contributed by atoms with Crippen LogP contribution in [0.5, 0.6) is 0 Å². The molecule has 2 aliphatic carbocycles. The van der Waals surface area contributed by atoms with Gasteiger partial charge in [0.2, 0.25) is 0 Å². The van der Waals surface area contributed by atoms with Crippen molar-refractivity contribution >= 4 is 39.9 Å². The summed E-state index contributed by atoms with van der Waals surface area (Å²) in [6.45, 7) is 0. The Balaban J connectivity index is 1.62. The van der Waals surface area contributed by atoms with E-state index in [9.17, 15) is 9.18 Å². The highest BCUT2D eigenvalue weighted by atomic mass is 35.5. The predicted octanol–water partition coefficient (Wildman–Crippen LogP) is 5.16. The van der Waals surface area contributed by atoms with E-state index < -0.39 is 4.33 Å². The molecule has 2 fully saturated rings. The molecule has 2 aliphatic rings. The lowest BCUT2D eigenvalue weighted by Gasteiger charge is -2.54. The Hall–Kier alpha value is -1.19. The van der Waals surface area contributed by atoms with Crippen molar-refractivity contribution in [3.8, 4) is 0 Å². The van der Waals surface area contributed by atoms with Crippen LogP contribution in [-0.2, 0) is 4.79 Å². The lowest BCUT2D eigenvalue weighted by atomic mass is 9.57. The van der Waals surface area contributed by atoms with Gasteiger partial charge < -0.3 is 0 Å². The average Bonchev–Trinajstić information content (AvgIpc) is 2.55. The Morgan fingerprint density at radius 2 is 1.91 bits per heavy atom. The highest BCUT2D eigenvalue weighted by Crippen LogP contribution is 2.63. The summed E-state index contributed by atoms with van der Waals surface area (Å²) < 4.78 is 12.4. The number of benzene rings is 1. The summed E-state index contributed by atoms with van der Waals surface area (Å²) in [6.07, 6.45) is 5.73. The molecule has 0 amide bonds. The van der Waals surface area contributed by atoms with Gasteiger partial charge >= 0.3 is 0 Å². The van der Waals surface area contributed by atoms with Gasteiger partial charge in [0.1, 0.15) is 5.82 Å². The summed E-state index contributed by atoms with van der Waals surface area (Å²) >= 11 is 12.5. The molecule has 0 saturated heterocycles. The van der Waals surface area contributed by atoms with Crippen molar-refractivity contribution < 1.29 is 9.18 Å². The Morgan fingerprint density at radius 3 is 2.57 bits per heavy atom. The third-order valence-electron chi connectivity index (χ3n) is 5.64. The number of pyridine rings is 1. The van der Waals surface area contributed by atoms with Gasteiger partial charge in [-0.3, -0.25) is 9.78 Å². The number of Topliss-reactive ketones (excluding diaryl/α,β-unsaturated/α-hetero) is 1. The van der Waals surface area contributed by atoms with E-state index >= 15 is 0 Å². The van der Waals surface area contributed by atoms with Gasteiger partial charge in [-0.2, -0.15) is 0 Å². The molecule has 2 nitrogen and oxygen atoms in total. The molecule has 0 aliphatic heterocycles. The van der Waals surface area contributed by atoms with Gasteiger partial charge in [0.15, 0.2) is 10.1 Å². The Labute approximate surface area is 144 Å². The first kappa shape index (κ1) is 15.3. The molecule has 4 rings (SSSR count). The van der Waals surface area contributed by atoms with E-state index in [1.165, 1.54) is 6.07 Å². The maximum absolute atomic E-state index is 13.6. The van der Waals surface area contributed by atoms with E-state index in [0.29, 0.717) is 12.3 Å². The van der Waals surface area contributed by atoms with Crippen LogP contribution in [0, 0.1) is 11.2 Å². The van der Waals surface area contributed by atoms with Crippen LogP contribution in [0.4, 0.5) is 4.39 Å². The number of alkyl halides is 2. The molecule has 0 radical (unpaired) electrons. The van der Waals surface area contributed by atoms with Gasteiger partial charge in [-0.1, -0.05) is 23.2 Å². The van der Waals surface area contributed by atoms with Crippen molar-refractivity contribution in [2.45, 2.75) is 42.4 Å². The molecule has 2 saturated carbocycles. The van der Waals surface area contributed by atoms with Crippen molar-refractivity contribution in [2.75, 3.05) is 0 Å². The standard InChI is InChI=1S/C18H16Cl2FNO/c19-18(20)16(23)10-17(18)6-3-11(4-7-17)13-5-8-22-15-2-1-12(21)9-14(13)15/h1-2,5,8-9,11H,3-4,6-7,10H2. The molecule has 120 valence electrons. The van der Waals surface area contributed by atoms with Crippen LogP contribution < -0.4 is 0 Å². The normalized spacial score (nSPS) is 29.7. The van der Waals surface area contributed by atoms with E-state index in [1.54, 1.807) is 18.3 Å². The van der Waals surface area contributed by atoms with Gasteiger partial charge in [0.05, 0.1) is 5.52 Å². The number of carbonyl (C=O) groups excluding carboxylic acids is 1. The number of rotatable bonds is 1. The van der Waals surface area contributed by atoms with Gasteiger partial charge in [0, 0.05) is 23.4 Å². The lowest BCUT2D eigenvalue weighted by Crippen LogP contribution is -2.58. The second kappa shape index (κ2) is 5.15. The third kappa shape index (κ3) is 2.20. The zero-order chi connectivity index (χ0) is 16.2. The first-order chi connectivity index (χ1) is 10.9. The van der Waals surface area contributed by atoms with Crippen LogP contribution >= 0.6 is 23.2 Å². The molecule has 0 bridgehead atoms. The Morgan fingerprint density at radius 1 is 1.17 bits per heavy atom. The topological polar surface area (TPSA) is 30.0 Å². The van der Waals surface area contributed by atoms with Crippen LogP contribution in [0.25, 0.3) is 10.9 Å². The second-order valence-electron chi connectivity index (χ2n) is 6.79. The summed E-state index contributed by atoms with van der Waals surface area (Å²) in [5.41, 5.74) is 1.68. The highest BCUT2D eigenvalue weighted by Gasteiger charge is 2.64. The molecule has 1 spiro atoms. The SMILES string of the molecule is O=C1CC2(CCC(c3ccnc4ccc(F)cc34)CC2)C1(Cl)Cl. The van der Waals surface area contributed by atoms with Crippen LogP contribution in [0.15, 0.2) is 30.5 Å². The minimum absolute atomic E-state index is 0.0595. The summed E-state index contributed by atoms with van der Waals surface area (Å²) in [6, 6.07) is 6.68. The summed E-state index contributed by atoms with van der Waals surface area (Å²) in [5.74, 6) is 0.0210. The second-order valence-corrected chi connectivity index (χ2v) is 8.12. The van der Waals surface area contributed by atoms with E-state index in [2.05, 4.69) is 4.98 Å². The fraction of sp³-hybridized carbons (Fsp3) is 0.444. The molecule has 1 heterocycles. The van der Waals surface area contributed by atoms with Gasteiger partial charge in [-0.25, -0.2) is 4.39 Å². The van der Waals surface area contributed by atoms with Crippen molar-refractivity contribution in [2.24, 2.45) is 5.41 Å². The highest BCUT2D eigenvalue weighted by molar-refractivity contribution is 6.61. The summed E-state index contributed by atoms with van der Waals surface area (Å²) in [7, 11) is 0. The largest absolute Gasteiger partial charge is 0.296 e. The zero-order valence-electron chi connectivity index (χ0n) is 12.5. The number of hydrogen-bond donors (Lipinski definition) is 0.